The van der Waals surface area contributed by atoms with Crippen LogP contribution in [0.2, 0.25) is 0 Å². The Labute approximate surface area is 135 Å². The van der Waals surface area contributed by atoms with Gasteiger partial charge in [0.25, 0.3) is 0 Å². The summed E-state index contributed by atoms with van der Waals surface area (Å²) in [4.78, 5) is 6.94. The molecule has 0 atom stereocenters. The Morgan fingerprint density at radius 3 is 2.65 bits per heavy atom. The summed E-state index contributed by atoms with van der Waals surface area (Å²) in [6, 6.07) is 11.4. The number of nitrogens with one attached hydrogen (secondary N) is 2. The summed E-state index contributed by atoms with van der Waals surface area (Å²) in [6.07, 6.45) is 0. The molecule has 3 aliphatic rings. The van der Waals surface area contributed by atoms with Gasteiger partial charge in [0, 0.05) is 44.0 Å². The molecule has 5 nitrogen and oxygen atoms in total. The molecule has 0 spiro atoms. The van der Waals surface area contributed by atoms with Gasteiger partial charge in [0.1, 0.15) is 11.2 Å². The molecule has 0 amide bonds. The highest BCUT2D eigenvalue weighted by molar-refractivity contribution is 5.80. The van der Waals surface area contributed by atoms with Crippen LogP contribution in [0.3, 0.4) is 0 Å². The summed E-state index contributed by atoms with van der Waals surface area (Å²) in [5.74, 6) is 0.660. The normalized spacial score (nSPS) is 14.6. The Balaban J connectivity index is 0.000000753. The summed E-state index contributed by atoms with van der Waals surface area (Å²) >= 11 is 0. The number of aromatic nitrogens is 1. The molecule has 1 aromatic carbocycles. The first-order valence-electron chi connectivity index (χ1n) is 8.14. The molecule has 1 fully saturated rings. The van der Waals surface area contributed by atoms with Crippen molar-refractivity contribution in [2.45, 2.75) is 13.8 Å². The zero-order valence-electron chi connectivity index (χ0n) is 13.6. The van der Waals surface area contributed by atoms with E-state index in [1.54, 1.807) is 12.1 Å². The van der Waals surface area contributed by atoms with Gasteiger partial charge in [0.2, 0.25) is 0 Å². The van der Waals surface area contributed by atoms with Crippen molar-refractivity contribution in [2.75, 3.05) is 31.1 Å². The topological polar surface area (TPSA) is 65.2 Å². The molecule has 0 unspecified atom stereocenters. The first-order valence-corrected chi connectivity index (χ1v) is 8.14. The third kappa shape index (κ3) is 3.19. The predicted molar refractivity (Wildman–Crippen MR) is 92.9 cm³/mol. The number of rotatable bonds is 1. The molecule has 2 N–H and O–H groups in total. The molecule has 0 aromatic heterocycles. The van der Waals surface area contributed by atoms with E-state index < -0.39 is 0 Å². The maximum atomic E-state index is 7.68. The average Bonchev–Trinajstić information content (AvgIpc) is 2.62. The van der Waals surface area contributed by atoms with Crippen molar-refractivity contribution >= 4 is 16.8 Å². The molecule has 0 bridgehead atoms. The van der Waals surface area contributed by atoms with Crippen LogP contribution in [-0.4, -0.2) is 31.2 Å². The van der Waals surface area contributed by atoms with Crippen molar-refractivity contribution in [2.24, 2.45) is 0 Å². The van der Waals surface area contributed by atoms with Gasteiger partial charge >= 0.3 is 0 Å². The lowest BCUT2D eigenvalue weighted by molar-refractivity contribution is 0.587. The first-order chi connectivity index (χ1) is 11.3. The van der Waals surface area contributed by atoms with Gasteiger partial charge < -0.3 is 20.0 Å². The summed E-state index contributed by atoms with van der Waals surface area (Å²) in [7, 11) is 0. The fourth-order valence-electron chi connectivity index (χ4n) is 2.73. The SMILES string of the molecule is CC.N=c1ccc2nc3ccc(N4CCNCC4)cc3oc-2c1. The predicted octanol–water partition coefficient (Wildman–Crippen LogP) is 2.85. The molecular weight excluding hydrogens is 288 g/mol. The summed E-state index contributed by atoms with van der Waals surface area (Å²) in [6.45, 7) is 8.02. The van der Waals surface area contributed by atoms with Gasteiger partial charge in [-0.3, -0.25) is 0 Å². The van der Waals surface area contributed by atoms with Crippen LogP contribution in [0, 0.1) is 5.41 Å². The van der Waals surface area contributed by atoms with E-state index >= 15 is 0 Å². The van der Waals surface area contributed by atoms with Crippen LogP contribution in [0.1, 0.15) is 13.8 Å². The van der Waals surface area contributed by atoms with E-state index in [2.05, 4.69) is 21.3 Å². The Hall–Kier alpha value is -2.40. The number of fused-ring (bicyclic) bond motifs is 2. The third-order valence-electron chi connectivity index (χ3n) is 3.85. The van der Waals surface area contributed by atoms with Crippen molar-refractivity contribution in [3.05, 3.63) is 41.8 Å². The van der Waals surface area contributed by atoms with E-state index in [9.17, 15) is 0 Å². The molecule has 1 aromatic rings. The van der Waals surface area contributed by atoms with E-state index in [-0.39, 0.29) is 0 Å². The molecule has 5 heteroatoms. The number of hydrogen-bond donors (Lipinski definition) is 2. The molecule has 4 rings (SSSR count). The zero-order valence-corrected chi connectivity index (χ0v) is 13.6. The van der Waals surface area contributed by atoms with Crippen molar-refractivity contribution < 1.29 is 4.42 Å². The molecule has 23 heavy (non-hydrogen) atoms. The van der Waals surface area contributed by atoms with Crippen LogP contribution >= 0.6 is 0 Å². The highest BCUT2D eigenvalue weighted by atomic mass is 16.3. The highest BCUT2D eigenvalue weighted by Gasteiger charge is 2.13. The van der Waals surface area contributed by atoms with Crippen molar-refractivity contribution in [3.63, 3.8) is 0 Å². The van der Waals surface area contributed by atoms with Crippen LogP contribution in [0.4, 0.5) is 5.69 Å². The molecular formula is C18H22N4O. The number of piperazine rings is 1. The lowest BCUT2D eigenvalue weighted by Gasteiger charge is -2.29. The number of hydrogen-bond acceptors (Lipinski definition) is 5. The Morgan fingerprint density at radius 1 is 1.09 bits per heavy atom. The molecule has 0 radical (unpaired) electrons. The van der Waals surface area contributed by atoms with Crippen LogP contribution in [-0.2, 0) is 0 Å². The van der Waals surface area contributed by atoms with Crippen LogP contribution in [0.25, 0.3) is 22.6 Å². The second-order valence-electron chi connectivity index (χ2n) is 5.29. The lowest BCUT2D eigenvalue weighted by Crippen LogP contribution is -2.43. The van der Waals surface area contributed by atoms with E-state index in [1.165, 1.54) is 0 Å². The fourth-order valence-corrected chi connectivity index (χ4v) is 2.73. The minimum absolute atomic E-state index is 0.436. The van der Waals surface area contributed by atoms with Crippen LogP contribution in [0.15, 0.2) is 40.8 Å². The van der Waals surface area contributed by atoms with Crippen molar-refractivity contribution in [3.8, 4) is 11.5 Å². The van der Waals surface area contributed by atoms with Gasteiger partial charge in [-0.05, 0) is 24.3 Å². The Bertz CT molecular complexity index is 821. The average molecular weight is 310 g/mol. The molecule has 2 heterocycles. The van der Waals surface area contributed by atoms with E-state index in [0.717, 1.165) is 48.7 Å². The standard InChI is InChI=1S/C16H16N4O.C2H6/c17-11-1-3-13-15(9-11)21-16-10-12(2-4-14(16)19-13)20-7-5-18-6-8-20;1-2/h1-4,9-10,17-18H,5-8H2;1-2H3. The molecule has 120 valence electrons. The van der Waals surface area contributed by atoms with Gasteiger partial charge in [-0.15, -0.1) is 0 Å². The Kier molecular flexibility index (Phi) is 4.57. The fraction of sp³-hybridized carbons (Fsp3) is 0.333. The maximum Gasteiger partial charge on any atom is 0.155 e. The molecule has 0 saturated carbocycles. The Morgan fingerprint density at radius 2 is 1.87 bits per heavy atom. The van der Waals surface area contributed by atoms with E-state index in [1.807, 2.05) is 32.0 Å². The van der Waals surface area contributed by atoms with Crippen molar-refractivity contribution in [1.82, 2.24) is 10.3 Å². The lowest BCUT2D eigenvalue weighted by atomic mass is 10.2. The van der Waals surface area contributed by atoms with Gasteiger partial charge in [0.05, 0.1) is 5.36 Å². The number of anilines is 1. The first kappa shape index (κ1) is 15.5. The second kappa shape index (κ2) is 6.79. The number of benzene rings is 2. The van der Waals surface area contributed by atoms with Gasteiger partial charge in [0.15, 0.2) is 11.3 Å². The smallest absolute Gasteiger partial charge is 0.155 e. The monoisotopic (exact) mass is 310 g/mol. The largest absolute Gasteiger partial charge is 0.453 e. The van der Waals surface area contributed by atoms with Gasteiger partial charge in [-0.2, -0.15) is 0 Å². The molecule has 1 aliphatic carbocycles. The quantitative estimate of drug-likeness (QED) is 0.678. The molecule has 1 saturated heterocycles. The minimum atomic E-state index is 0.436. The van der Waals surface area contributed by atoms with E-state index in [4.69, 9.17) is 9.83 Å². The summed E-state index contributed by atoms with van der Waals surface area (Å²) in [5.41, 5.74) is 3.56. The van der Waals surface area contributed by atoms with Gasteiger partial charge in [-0.25, -0.2) is 4.98 Å². The van der Waals surface area contributed by atoms with Crippen molar-refractivity contribution in [1.29, 1.82) is 5.41 Å². The highest BCUT2D eigenvalue weighted by Crippen LogP contribution is 2.27. The zero-order chi connectivity index (χ0) is 16.2. The number of nitrogens with zero attached hydrogens (tertiary/aromatic N) is 2. The van der Waals surface area contributed by atoms with Gasteiger partial charge in [-0.1, -0.05) is 13.8 Å². The summed E-state index contributed by atoms with van der Waals surface area (Å²) in [5, 5.41) is 11.5. The summed E-state index contributed by atoms with van der Waals surface area (Å²) < 4.78 is 5.93. The maximum absolute atomic E-state index is 7.68. The molecule has 2 aliphatic heterocycles. The van der Waals surface area contributed by atoms with E-state index in [0.29, 0.717) is 11.1 Å². The third-order valence-corrected chi connectivity index (χ3v) is 3.85. The van der Waals surface area contributed by atoms with Crippen LogP contribution < -0.4 is 15.6 Å². The van der Waals surface area contributed by atoms with Crippen LogP contribution in [0.5, 0.6) is 0 Å². The minimum Gasteiger partial charge on any atom is -0.453 e. The second-order valence-corrected chi connectivity index (χ2v) is 5.29.